The maximum atomic E-state index is 12.5. The normalized spacial score (nSPS) is 27.0. The van der Waals surface area contributed by atoms with Gasteiger partial charge in [0.2, 0.25) is 0 Å². The van der Waals surface area contributed by atoms with Crippen LogP contribution >= 0.6 is 0 Å². The summed E-state index contributed by atoms with van der Waals surface area (Å²) in [5.41, 5.74) is 2.68. The summed E-state index contributed by atoms with van der Waals surface area (Å²) in [6.45, 7) is 5.33. The first-order valence-electron chi connectivity index (χ1n) is 8.17. The lowest BCUT2D eigenvalue weighted by Gasteiger charge is -2.23. The fourth-order valence-corrected chi connectivity index (χ4v) is 3.90. The lowest BCUT2D eigenvalue weighted by atomic mass is 10.0. The van der Waals surface area contributed by atoms with Crippen molar-refractivity contribution in [2.75, 3.05) is 6.54 Å². The Labute approximate surface area is 130 Å². The number of nitrogens with one attached hydrogen (secondary N) is 2. The SMILES string of the molecule is CC(C)c1coc2cc(C(=O)NC3CC4CC3CN4)ccc12. The predicted octanol–water partition coefficient (Wildman–Crippen LogP) is 3.04. The van der Waals surface area contributed by atoms with Crippen molar-refractivity contribution >= 4 is 16.9 Å². The van der Waals surface area contributed by atoms with Crippen molar-refractivity contribution in [2.45, 2.75) is 44.7 Å². The number of carbonyl (C=O) groups is 1. The summed E-state index contributed by atoms with van der Waals surface area (Å²) in [5.74, 6) is 1.03. The van der Waals surface area contributed by atoms with Crippen LogP contribution in [0.25, 0.3) is 11.0 Å². The van der Waals surface area contributed by atoms with Gasteiger partial charge in [-0.05, 0) is 36.8 Å². The van der Waals surface area contributed by atoms with Gasteiger partial charge in [0.15, 0.2) is 0 Å². The Morgan fingerprint density at radius 1 is 1.36 bits per heavy atom. The summed E-state index contributed by atoms with van der Waals surface area (Å²) < 4.78 is 5.63. The summed E-state index contributed by atoms with van der Waals surface area (Å²) in [7, 11) is 0. The van der Waals surface area contributed by atoms with Crippen LogP contribution < -0.4 is 10.6 Å². The molecule has 3 atom stereocenters. The zero-order valence-corrected chi connectivity index (χ0v) is 13.1. The average molecular weight is 298 g/mol. The van der Waals surface area contributed by atoms with E-state index in [9.17, 15) is 4.79 Å². The molecule has 1 aromatic carbocycles. The molecule has 1 saturated heterocycles. The lowest BCUT2D eigenvalue weighted by Crippen LogP contribution is -2.44. The maximum Gasteiger partial charge on any atom is 0.251 e. The summed E-state index contributed by atoms with van der Waals surface area (Å²) >= 11 is 0. The second-order valence-corrected chi connectivity index (χ2v) is 6.97. The highest BCUT2D eigenvalue weighted by Gasteiger charge is 2.40. The van der Waals surface area contributed by atoms with Crippen molar-refractivity contribution in [3.05, 3.63) is 35.6 Å². The largest absolute Gasteiger partial charge is 0.464 e. The Morgan fingerprint density at radius 2 is 2.23 bits per heavy atom. The molecule has 1 aliphatic heterocycles. The third kappa shape index (κ3) is 2.22. The van der Waals surface area contributed by atoms with Gasteiger partial charge in [0.05, 0.1) is 6.26 Å². The summed E-state index contributed by atoms with van der Waals surface area (Å²) in [5, 5.41) is 7.78. The second kappa shape index (κ2) is 5.13. The minimum absolute atomic E-state index is 0.0157. The number of furan rings is 1. The fraction of sp³-hybridized carbons (Fsp3) is 0.500. The van der Waals surface area contributed by atoms with Crippen molar-refractivity contribution < 1.29 is 9.21 Å². The van der Waals surface area contributed by atoms with Crippen LogP contribution in [0.3, 0.4) is 0 Å². The average Bonchev–Trinajstić information content (AvgIpc) is 3.20. The second-order valence-electron chi connectivity index (χ2n) is 6.97. The van der Waals surface area contributed by atoms with E-state index >= 15 is 0 Å². The zero-order chi connectivity index (χ0) is 15.3. The van der Waals surface area contributed by atoms with E-state index in [0.717, 1.165) is 23.9 Å². The van der Waals surface area contributed by atoms with Crippen LogP contribution in [-0.4, -0.2) is 24.5 Å². The van der Waals surface area contributed by atoms with E-state index in [-0.39, 0.29) is 5.91 Å². The van der Waals surface area contributed by atoms with Crippen LogP contribution in [0.2, 0.25) is 0 Å². The molecule has 2 fully saturated rings. The van der Waals surface area contributed by atoms with Crippen molar-refractivity contribution in [3.63, 3.8) is 0 Å². The third-order valence-electron chi connectivity index (χ3n) is 5.17. The molecule has 22 heavy (non-hydrogen) atoms. The number of carbonyl (C=O) groups excluding carboxylic acids is 1. The highest BCUT2D eigenvalue weighted by atomic mass is 16.3. The van der Waals surface area contributed by atoms with Crippen molar-refractivity contribution in [1.82, 2.24) is 10.6 Å². The summed E-state index contributed by atoms with van der Waals surface area (Å²) in [6, 6.07) is 6.69. The number of fused-ring (bicyclic) bond motifs is 3. The first-order valence-corrected chi connectivity index (χ1v) is 8.17. The van der Waals surface area contributed by atoms with Gasteiger partial charge in [0.25, 0.3) is 5.91 Å². The molecular weight excluding hydrogens is 276 g/mol. The highest BCUT2D eigenvalue weighted by Crippen LogP contribution is 2.32. The molecule has 2 bridgehead atoms. The Hall–Kier alpha value is -1.81. The van der Waals surface area contributed by atoms with Gasteiger partial charge < -0.3 is 15.1 Å². The molecule has 116 valence electrons. The van der Waals surface area contributed by atoms with Crippen LogP contribution in [0.5, 0.6) is 0 Å². The number of hydrogen-bond acceptors (Lipinski definition) is 3. The fourth-order valence-electron chi connectivity index (χ4n) is 3.90. The number of benzene rings is 1. The maximum absolute atomic E-state index is 12.5. The Balaban J connectivity index is 1.54. The summed E-state index contributed by atoms with van der Waals surface area (Å²) in [6.07, 6.45) is 4.05. The number of piperidine rings is 1. The molecule has 2 N–H and O–H groups in total. The molecule has 1 saturated carbocycles. The van der Waals surface area contributed by atoms with Crippen molar-refractivity contribution in [3.8, 4) is 0 Å². The van der Waals surface area contributed by atoms with Gasteiger partial charge >= 0.3 is 0 Å². The van der Waals surface area contributed by atoms with Gasteiger partial charge in [-0.1, -0.05) is 19.9 Å². The van der Waals surface area contributed by atoms with E-state index in [4.69, 9.17) is 4.42 Å². The topological polar surface area (TPSA) is 54.3 Å². The predicted molar refractivity (Wildman–Crippen MR) is 86.1 cm³/mol. The zero-order valence-electron chi connectivity index (χ0n) is 13.1. The number of hydrogen-bond donors (Lipinski definition) is 2. The van der Waals surface area contributed by atoms with E-state index in [1.54, 1.807) is 6.26 Å². The lowest BCUT2D eigenvalue weighted by molar-refractivity contribution is 0.0925. The van der Waals surface area contributed by atoms with E-state index in [1.165, 1.54) is 12.0 Å². The summed E-state index contributed by atoms with van der Waals surface area (Å²) in [4.78, 5) is 12.5. The van der Waals surface area contributed by atoms with Gasteiger partial charge in [0.1, 0.15) is 5.58 Å². The van der Waals surface area contributed by atoms with E-state index in [1.807, 2.05) is 18.2 Å². The van der Waals surface area contributed by atoms with Gasteiger partial charge in [-0.3, -0.25) is 4.79 Å². The molecule has 3 unspecified atom stereocenters. The molecule has 4 nitrogen and oxygen atoms in total. The number of rotatable bonds is 3. The van der Waals surface area contributed by atoms with Gasteiger partial charge in [0, 0.05) is 35.1 Å². The van der Waals surface area contributed by atoms with E-state index < -0.39 is 0 Å². The first-order chi connectivity index (χ1) is 10.6. The quantitative estimate of drug-likeness (QED) is 0.916. The standard InChI is InChI=1S/C18H22N2O2/c1-10(2)15-9-22-17-6-11(3-4-14(15)17)18(21)20-16-7-13-5-12(16)8-19-13/h3-4,6,9-10,12-13,16,19H,5,7-8H2,1-2H3,(H,20,21). The monoisotopic (exact) mass is 298 g/mol. The van der Waals surface area contributed by atoms with Gasteiger partial charge in [-0.2, -0.15) is 0 Å². The molecule has 0 radical (unpaired) electrons. The van der Waals surface area contributed by atoms with Crippen molar-refractivity contribution in [1.29, 1.82) is 0 Å². The van der Waals surface area contributed by atoms with Crippen LogP contribution in [0, 0.1) is 5.92 Å². The molecule has 1 aliphatic carbocycles. The first kappa shape index (κ1) is 13.8. The van der Waals surface area contributed by atoms with Crippen LogP contribution in [0.1, 0.15) is 48.5 Å². The molecule has 0 spiro atoms. The molecule has 4 rings (SSSR count). The molecule has 1 amide bonds. The molecule has 2 heterocycles. The minimum Gasteiger partial charge on any atom is -0.464 e. The van der Waals surface area contributed by atoms with E-state index in [2.05, 4.69) is 24.5 Å². The van der Waals surface area contributed by atoms with Crippen LogP contribution in [0.15, 0.2) is 28.9 Å². The van der Waals surface area contributed by atoms with Crippen LogP contribution in [0.4, 0.5) is 0 Å². The Bertz CT molecular complexity index is 719. The molecule has 4 heteroatoms. The number of amides is 1. The minimum atomic E-state index is 0.0157. The highest BCUT2D eigenvalue weighted by molar-refractivity contribution is 5.98. The molecule has 2 aromatic rings. The van der Waals surface area contributed by atoms with Gasteiger partial charge in [-0.25, -0.2) is 0 Å². The van der Waals surface area contributed by atoms with E-state index in [0.29, 0.717) is 29.5 Å². The Morgan fingerprint density at radius 3 is 2.91 bits per heavy atom. The third-order valence-corrected chi connectivity index (χ3v) is 5.17. The van der Waals surface area contributed by atoms with Crippen LogP contribution in [-0.2, 0) is 0 Å². The van der Waals surface area contributed by atoms with Crippen molar-refractivity contribution in [2.24, 2.45) is 5.92 Å². The van der Waals surface area contributed by atoms with Gasteiger partial charge in [-0.15, -0.1) is 0 Å². The smallest absolute Gasteiger partial charge is 0.251 e. The molecular formula is C18H22N2O2. The molecule has 2 aliphatic rings. The Kier molecular flexibility index (Phi) is 3.22. The molecule has 1 aromatic heterocycles.